The summed E-state index contributed by atoms with van der Waals surface area (Å²) < 4.78 is 5.53. The number of anilines is 2. The van der Waals surface area contributed by atoms with E-state index < -0.39 is 0 Å². The maximum Gasteiger partial charge on any atom is 0.272 e. The number of rotatable bonds is 9. The summed E-state index contributed by atoms with van der Waals surface area (Å²) in [5.74, 6) is 0.737. The molecule has 202 valence electrons. The maximum atomic E-state index is 13.8. The van der Waals surface area contributed by atoms with E-state index in [4.69, 9.17) is 10.2 Å². The second-order valence-electron chi connectivity index (χ2n) is 10.4. The third-order valence-corrected chi connectivity index (χ3v) is 7.55. The fourth-order valence-electron chi connectivity index (χ4n) is 5.35. The molecule has 2 aliphatic carbocycles. The normalized spacial score (nSPS) is 15.1. The number of carbonyl (C=O) groups excluding carboxylic acids is 2. The molecule has 39 heavy (non-hydrogen) atoms. The van der Waals surface area contributed by atoms with Crippen LogP contribution in [0.1, 0.15) is 60.5 Å². The first-order valence-electron chi connectivity index (χ1n) is 13.5. The summed E-state index contributed by atoms with van der Waals surface area (Å²) in [6, 6.07) is 6.34. The van der Waals surface area contributed by atoms with Crippen molar-refractivity contribution in [2.45, 2.75) is 64.7 Å². The van der Waals surface area contributed by atoms with E-state index in [1.165, 1.54) is 4.90 Å². The smallest absolute Gasteiger partial charge is 0.272 e. The molecule has 4 aromatic heterocycles. The zero-order chi connectivity index (χ0) is 27.4. The van der Waals surface area contributed by atoms with Gasteiger partial charge in [0, 0.05) is 50.7 Å². The maximum absolute atomic E-state index is 13.8. The number of hydrogen-bond acceptors (Lipinski definition) is 7. The molecule has 0 saturated heterocycles. The Labute approximate surface area is 225 Å². The molecule has 6 rings (SSSR count). The number of aromatic nitrogens is 6. The van der Waals surface area contributed by atoms with Crippen molar-refractivity contribution < 1.29 is 9.59 Å². The Hall–Kier alpha value is -4.40. The van der Waals surface area contributed by atoms with Crippen LogP contribution in [0.2, 0.25) is 0 Å². The van der Waals surface area contributed by atoms with Crippen molar-refractivity contribution in [2.75, 3.05) is 18.9 Å². The summed E-state index contributed by atoms with van der Waals surface area (Å²) >= 11 is 0. The van der Waals surface area contributed by atoms with Crippen molar-refractivity contribution in [1.82, 2.24) is 38.7 Å². The molecule has 2 aliphatic rings. The zero-order valence-corrected chi connectivity index (χ0v) is 22.7. The third-order valence-electron chi connectivity index (χ3n) is 7.55. The summed E-state index contributed by atoms with van der Waals surface area (Å²) in [5.41, 5.74) is 3.25. The van der Waals surface area contributed by atoms with Crippen LogP contribution in [0.15, 0.2) is 18.5 Å². The van der Waals surface area contributed by atoms with Gasteiger partial charge in [0.2, 0.25) is 0 Å². The Bertz CT molecular complexity index is 1630. The van der Waals surface area contributed by atoms with Crippen molar-refractivity contribution in [3.63, 3.8) is 0 Å². The predicted molar refractivity (Wildman–Crippen MR) is 146 cm³/mol. The number of imidazole rings is 1. The lowest BCUT2D eigenvalue weighted by atomic mass is 10.2. The number of pyridine rings is 1. The molecular formula is C27H32N10O2. The summed E-state index contributed by atoms with van der Waals surface area (Å²) in [7, 11) is 3.52. The molecule has 4 aromatic rings. The molecule has 12 nitrogen and oxygen atoms in total. The van der Waals surface area contributed by atoms with E-state index in [-0.39, 0.29) is 18.4 Å². The van der Waals surface area contributed by atoms with E-state index in [2.05, 4.69) is 20.3 Å². The van der Waals surface area contributed by atoms with Gasteiger partial charge in [0.1, 0.15) is 29.1 Å². The van der Waals surface area contributed by atoms with Crippen LogP contribution < -0.4 is 5.32 Å². The van der Waals surface area contributed by atoms with Gasteiger partial charge in [-0.2, -0.15) is 10.4 Å². The lowest BCUT2D eigenvalue weighted by molar-refractivity contribution is 0.0718. The summed E-state index contributed by atoms with van der Waals surface area (Å²) in [4.78, 5) is 39.7. The SMILES string of the molecule is CCn1nc(Nc2nc3c(cc(C(=O)N(C4CC4)C4CC4)n3CC)c3c2ncn3C)cc1C(=O)N(C)CC#N. The van der Waals surface area contributed by atoms with Gasteiger partial charge < -0.3 is 24.3 Å². The van der Waals surface area contributed by atoms with E-state index in [1.54, 1.807) is 24.1 Å². The van der Waals surface area contributed by atoms with Gasteiger partial charge in [-0.25, -0.2) is 9.97 Å². The quantitative estimate of drug-likeness (QED) is 0.330. The molecule has 0 aromatic carbocycles. The largest absolute Gasteiger partial charge is 0.333 e. The van der Waals surface area contributed by atoms with Gasteiger partial charge in [0.15, 0.2) is 11.6 Å². The molecule has 0 unspecified atom stereocenters. The van der Waals surface area contributed by atoms with Gasteiger partial charge in [-0.3, -0.25) is 14.3 Å². The van der Waals surface area contributed by atoms with E-state index in [0.29, 0.717) is 59.4 Å². The van der Waals surface area contributed by atoms with Crippen molar-refractivity contribution in [3.05, 3.63) is 29.8 Å². The highest BCUT2D eigenvalue weighted by Crippen LogP contribution is 2.39. The van der Waals surface area contributed by atoms with Crippen molar-refractivity contribution >= 4 is 45.5 Å². The molecule has 0 radical (unpaired) electrons. The van der Waals surface area contributed by atoms with Crippen molar-refractivity contribution in [3.8, 4) is 6.07 Å². The second-order valence-corrected chi connectivity index (χ2v) is 10.4. The van der Waals surface area contributed by atoms with Crippen LogP contribution in [-0.4, -0.2) is 76.2 Å². The summed E-state index contributed by atoms with van der Waals surface area (Å²) in [6.07, 6.45) is 6.04. The van der Waals surface area contributed by atoms with Crippen LogP contribution in [0, 0.1) is 11.3 Å². The van der Waals surface area contributed by atoms with Crippen LogP contribution in [0.5, 0.6) is 0 Å². The van der Waals surface area contributed by atoms with E-state index in [1.807, 2.05) is 42.2 Å². The summed E-state index contributed by atoms with van der Waals surface area (Å²) in [5, 5.41) is 17.7. The Balaban J connectivity index is 1.43. The molecule has 12 heteroatoms. The minimum atomic E-state index is -0.288. The van der Waals surface area contributed by atoms with Gasteiger partial charge in [0.25, 0.3) is 11.8 Å². The molecule has 2 fully saturated rings. The number of nitrogens with one attached hydrogen (secondary N) is 1. The highest BCUT2D eigenvalue weighted by Gasteiger charge is 2.43. The standard InChI is InChI=1S/C27H32N10O2/c1-5-35-19(27(39)37(16-7-8-16)17-9-10-17)13-18-23-22(29-15-34(23)4)24(31-25(18)35)30-21-14-20(36(6-2)32-21)26(38)33(3)12-11-28/h13-17H,5-10,12H2,1-4H3,(H,30,31,32). The highest BCUT2D eigenvalue weighted by atomic mass is 16.2. The first-order valence-corrected chi connectivity index (χ1v) is 13.5. The van der Waals surface area contributed by atoms with Gasteiger partial charge in [0.05, 0.1) is 17.9 Å². The minimum absolute atomic E-state index is 0.0166. The highest BCUT2D eigenvalue weighted by molar-refractivity contribution is 6.10. The van der Waals surface area contributed by atoms with Gasteiger partial charge in [-0.05, 0) is 45.6 Å². The van der Waals surface area contributed by atoms with Crippen LogP contribution in [0.3, 0.4) is 0 Å². The molecule has 1 N–H and O–H groups in total. The number of hydrogen-bond donors (Lipinski definition) is 1. The van der Waals surface area contributed by atoms with E-state index >= 15 is 0 Å². The first kappa shape index (κ1) is 24.9. The monoisotopic (exact) mass is 528 g/mol. The second kappa shape index (κ2) is 9.41. The molecule has 0 spiro atoms. The number of fused-ring (bicyclic) bond motifs is 3. The van der Waals surface area contributed by atoms with Gasteiger partial charge in [-0.1, -0.05) is 0 Å². The van der Waals surface area contributed by atoms with E-state index in [0.717, 1.165) is 36.6 Å². The first-order chi connectivity index (χ1) is 18.9. The Kier molecular flexibility index (Phi) is 6.01. The molecule has 0 atom stereocenters. The lowest BCUT2D eigenvalue weighted by Crippen LogP contribution is -2.36. The van der Waals surface area contributed by atoms with Crippen LogP contribution >= 0.6 is 0 Å². The van der Waals surface area contributed by atoms with Crippen molar-refractivity contribution in [2.24, 2.45) is 7.05 Å². The number of amides is 2. The third kappa shape index (κ3) is 4.18. The Morgan fingerprint density at radius 2 is 1.82 bits per heavy atom. The zero-order valence-electron chi connectivity index (χ0n) is 22.7. The Morgan fingerprint density at radius 1 is 1.10 bits per heavy atom. The molecular weight excluding hydrogens is 496 g/mol. The molecule has 2 saturated carbocycles. The van der Waals surface area contributed by atoms with Gasteiger partial charge >= 0.3 is 0 Å². The molecule has 0 aliphatic heterocycles. The number of nitrogens with zero attached hydrogens (tertiary/aromatic N) is 9. The molecule has 4 heterocycles. The van der Waals surface area contributed by atoms with E-state index in [9.17, 15) is 9.59 Å². The predicted octanol–water partition coefficient (Wildman–Crippen LogP) is 3.27. The molecule has 0 bridgehead atoms. The average molecular weight is 529 g/mol. The number of carbonyl (C=O) groups is 2. The number of aryl methyl sites for hydroxylation is 3. The minimum Gasteiger partial charge on any atom is -0.333 e. The Morgan fingerprint density at radius 3 is 2.44 bits per heavy atom. The number of nitriles is 1. The fraction of sp³-hybridized carbons (Fsp3) is 0.481. The van der Waals surface area contributed by atoms with Crippen LogP contribution in [0.4, 0.5) is 11.6 Å². The van der Waals surface area contributed by atoms with Crippen LogP contribution in [-0.2, 0) is 20.1 Å². The topological polar surface area (TPSA) is 130 Å². The van der Waals surface area contributed by atoms with Crippen molar-refractivity contribution in [1.29, 1.82) is 5.26 Å². The van der Waals surface area contributed by atoms with Crippen LogP contribution in [0.25, 0.3) is 22.1 Å². The van der Waals surface area contributed by atoms with Gasteiger partial charge in [-0.15, -0.1) is 0 Å². The average Bonchev–Trinajstić information content (AvgIpc) is 3.83. The molecule has 2 amide bonds. The summed E-state index contributed by atoms with van der Waals surface area (Å²) in [6.45, 7) is 4.99. The fourth-order valence-corrected chi connectivity index (χ4v) is 5.35. The lowest BCUT2D eigenvalue weighted by Gasteiger charge is -2.22.